The van der Waals surface area contributed by atoms with Gasteiger partial charge >= 0.3 is 0 Å². The second kappa shape index (κ2) is 8.12. The Balaban J connectivity index is 2.72. The Morgan fingerprint density at radius 1 is 1.24 bits per heavy atom. The Morgan fingerprint density at radius 3 is 2.71 bits per heavy atom. The zero-order valence-corrected chi connectivity index (χ0v) is 11.3. The van der Waals surface area contributed by atoms with Gasteiger partial charge in [-0.3, -0.25) is 4.98 Å². The van der Waals surface area contributed by atoms with Crippen LogP contribution in [0.2, 0.25) is 0 Å². The third kappa shape index (κ3) is 4.77. The molecule has 0 atom stereocenters. The predicted molar refractivity (Wildman–Crippen MR) is 71.0 cm³/mol. The standard InChI is InChI=1S/C12H20ClN3O/c1-3-6-16(7-5-13)11-9-14-10-12(15-11)17-8-4-2/h9-10H,3-8H2,1-2H3. The minimum Gasteiger partial charge on any atom is -0.477 e. The van der Waals surface area contributed by atoms with E-state index in [1.165, 1.54) is 0 Å². The average Bonchev–Trinajstić information content (AvgIpc) is 2.36. The summed E-state index contributed by atoms with van der Waals surface area (Å²) in [6.07, 6.45) is 5.41. The van der Waals surface area contributed by atoms with Crippen molar-refractivity contribution >= 4 is 17.4 Å². The molecule has 0 amide bonds. The zero-order chi connectivity index (χ0) is 12.5. The van der Waals surface area contributed by atoms with Crippen LogP contribution in [-0.4, -0.2) is 35.5 Å². The van der Waals surface area contributed by atoms with Crippen molar-refractivity contribution in [1.82, 2.24) is 9.97 Å². The Hall–Kier alpha value is -1.03. The lowest BCUT2D eigenvalue weighted by Gasteiger charge is -2.21. The number of anilines is 1. The van der Waals surface area contributed by atoms with Crippen LogP contribution in [0.15, 0.2) is 12.4 Å². The van der Waals surface area contributed by atoms with Crippen LogP contribution in [0.5, 0.6) is 5.88 Å². The topological polar surface area (TPSA) is 38.2 Å². The first-order valence-electron chi connectivity index (χ1n) is 6.07. The van der Waals surface area contributed by atoms with Gasteiger partial charge in [-0.25, -0.2) is 0 Å². The molecule has 0 aromatic carbocycles. The van der Waals surface area contributed by atoms with Crippen LogP contribution < -0.4 is 9.64 Å². The number of alkyl halides is 1. The molecular weight excluding hydrogens is 238 g/mol. The van der Waals surface area contributed by atoms with Crippen LogP contribution in [0, 0.1) is 0 Å². The third-order valence-electron chi connectivity index (χ3n) is 2.23. The van der Waals surface area contributed by atoms with Crippen molar-refractivity contribution in [1.29, 1.82) is 0 Å². The van der Waals surface area contributed by atoms with Crippen LogP contribution in [0.3, 0.4) is 0 Å². The predicted octanol–water partition coefficient (Wildman–Crippen LogP) is 2.72. The molecule has 0 N–H and O–H groups in total. The molecule has 17 heavy (non-hydrogen) atoms. The molecule has 1 rings (SSSR count). The van der Waals surface area contributed by atoms with E-state index in [9.17, 15) is 0 Å². The van der Waals surface area contributed by atoms with Crippen molar-refractivity contribution < 1.29 is 4.74 Å². The maximum absolute atomic E-state index is 5.78. The summed E-state index contributed by atoms with van der Waals surface area (Å²) < 4.78 is 5.47. The van der Waals surface area contributed by atoms with Crippen molar-refractivity contribution in [3.8, 4) is 5.88 Å². The van der Waals surface area contributed by atoms with E-state index >= 15 is 0 Å². The van der Waals surface area contributed by atoms with Gasteiger partial charge in [-0.05, 0) is 12.8 Å². The van der Waals surface area contributed by atoms with Gasteiger partial charge in [0.2, 0.25) is 5.88 Å². The Labute approximate surface area is 108 Å². The number of halogens is 1. The monoisotopic (exact) mass is 257 g/mol. The van der Waals surface area contributed by atoms with E-state index in [1.54, 1.807) is 12.4 Å². The Bertz CT molecular complexity index is 316. The number of hydrogen-bond donors (Lipinski definition) is 0. The molecule has 1 heterocycles. The molecule has 0 aliphatic heterocycles. The van der Waals surface area contributed by atoms with Crippen LogP contribution in [0.4, 0.5) is 5.82 Å². The van der Waals surface area contributed by atoms with Crippen LogP contribution in [0.25, 0.3) is 0 Å². The van der Waals surface area contributed by atoms with Crippen LogP contribution in [-0.2, 0) is 0 Å². The highest BCUT2D eigenvalue weighted by Crippen LogP contribution is 2.14. The first kappa shape index (κ1) is 14.0. The summed E-state index contributed by atoms with van der Waals surface area (Å²) in [4.78, 5) is 10.7. The molecule has 0 radical (unpaired) electrons. The first-order chi connectivity index (χ1) is 8.31. The minimum absolute atomic E-state index is 0.583. The van der Waals surface area contributed by atoms with Crippen molar-refractivity contribution in [2.75, 3.05) is 30.5 Å². The molecule has 0 aliphatic rings. The van der Waals surface area contributed by atoms with Crippen molar-refractivity contribution in [2.24, 2.45) is 0 Å². The highest BCUT2D eigenvalue weighted by atomic mass is 35.5. The number of ether oxygens (including phenoxy) is 1. The fourth-order valence-corrected chi connectivity index (χ4v) is 1.68. The third-order valence-corrected chi connectivity index (χ3v) is 2.39. The summed E-state index contributed by atoms with van der Waals surface area (Å²) in [5.41, 5.74) is 0. The van der Waals surface area contributed by atoms with Gasteiger partial charge in [0.1, 0.15) is 0 Å². The molecule has 0 fully saturated rings. The Kier molecular flexibility index (Phi) is 6.70. The Morgan fingerprint density at radius 2 is 2.06 bits per heavy atom. The van der Waals surface area contributed by atoms with Gasteiger partial charge in [-0.2, -0.15) is 4.98 Å². The van der Waals surface area contributed by atoms with Gasteiger partial charge in [0.05, 0.1) is 19.0 Å². The number of rotatable bonds is 8. The molecule has 0 spiro atoms. The molecule has 0 unspecified atom stereocenters. The van der Waals surface area contributed by atoms with E-state index in [0.717, 1.165) is 31.7 Å². The fraction of sp³-hybridized carbons (Fsp3) is 0.667. The summed E-state index contributed by atoms with van der Waals surface area (Å²) >= 11 is 5.78. The average molecular weight is 258 g/mol. The molecule has 5 heteroatoms. The number of hydrogen-bond acceptors (Lipinski definition) is 4. The highest BCUT2D eigenvalue weighted by Gasteiger charge is 2.08. The minimum atomic E-state index is 0.583. The van der Waals surface area contributed by atoms with E-state index < -0.39 is 0 Å². The number of nitrogens with zero attached hydrogens (tertiary/aromatic N) is 3. The van der Waals surface area contributed by atoms with Gasteiger partial charge in [0, 0.05) is 19.0 Å². The summed E-state index contributed by atoms with van der Waals surface area (Å²) in [6.45, 7) is 6.57. The zero-order valence-electron chi connectivity index (χ0n) is 10.5. The lowest BCUT2D eigenvalue weighted by Crippen LogP contribution is -2.27. The van der Waals surface area contributed by atoms with E-state index in [0.29, 0.717) is 18.4 Å². The van der Waals surface area contributed by atoms with E-state index in [4.69, 9.17) is 16.3 Å². The van der Waals surface area contributed by atoms with Crippen molar-refractivity contribution in [2.45, 2.75) is 26.7 Å². The summed E-state index contributed by atoms with van der Waals surface area (Å²) in [5.74, 6) is 2.00. The van der Waals surface area contributed by atoms with Crippen LogP contribution >= 0.6 is 11.6 Å². The summed E-state index contributed by atoms with van der Waals surface area (Å²) in [5, 5.41) is 0. The molecule has 1 aromatic rings. The van der Waals surface area contributed by atoms with Crippen molar-refractivity contribution in [3.63, 3.8) is 0 Å². The van der Waals surface area contributed by atoms with E-state index in [-0.39, 0.29) is 0 Å². The van der Waals surface area contributed by atoms with Gasteiger partial charge in [0.15, 0.2) is 5.82 Å². The first-order valence-corrected chi connectivity index (χ1v) is 6.61. The highest BCUT2D eigenvalue weighted by molar-refractivity contribution is 6.18. The van der Waals surface area contributed by atoms with Gasteiger partial charge in [-0.15, -0.1) is 11.6 Å². The molecule has 96 valence electrons. The molecular formula is C12H20ClN3O. The SMILES string of the molecule is CCCOc1cncc(N(CCC)CCCl)n1. The fourth-order valence-electron chi connectivity index (χ4n) is 1.48. The van der Waals surface area contributed by atoms with E-state index in [2.05, 4.69) is 28.7 Å². The lowest BCUT2D eigenvalue weighted by molar-refractivity contribution is 0.304. The molecule has 4 nitrogen and oxygen atoms in total. The van der Waals surface area contributed by atoms with Crippen molar-refractivity contribution in [3.05, 3.63) is 12.4 Å². The van der Waals surface area contributed by atoms with Gasteiger partial charge < -0.3 is 9.64 Å². The quantitative estimate of drug-likeness (QED) is 0.671. The molecule has 0 bridgehead atoms. The smallest absolute Gasteiger partial charge is 0.234 e. The van der Waals surface area contributed by atoms with Gasteiger partial charge in [0.25, 0.3) is 0 Å². The maximum atomic E-state index is 5.78. The molecule has 0 saturated heterocycles. The van der Waals surface area contributed by atoms with Crippen LogP contribution in [0.1, 0.15) is 26.7 Å². The molecule has 0 aliphatic carbocycles. The maximum Gasteiger partial charge on any atom is 0.234 e. The van der Waals surface area contributed by atoms with E-state index in [1.807, 2.05) is 0 Å². The second-order valence-corrected chi connectivity index (χ2v) is 4.12. The lowest BCUT2D eigenvalue weighted by atomic mass is 10.4. The largest absolute Gasteiger partial charge is 0.477 e. The summed E-state index contributed by atoms with van der Waals surface area (Å²) in [6, 6.07) is 0. The summed E-state index contributed by atoms with van der Waals surface area (Å²) in [7, 11) is 0. The van der Waals surface area contributed by atoms with Gasteiger partial charge in [-0.1, -0.05) is 13.8 Å². The second-order valence-electron chi connectivity index (χ2n) is 3.74. The normalized spacial score (nSPS) is 10.3. The number of aromatic nitrogens is 2. The molecule has 1 aromatic heterocycles. The molecule has 0 saturated carbocycles.